The fourth-order valence-electron chi connectivity index (χ4n) is 2.56. The quantitative estimate of drug-likeness (QED) is 0.421. The highest BCUT2D eigenvalue weighted by molar-refractivity contribution is 8.15. The first-order valence-electron chi connectivity index (χ1n) is 8.17. The monoisotopic (exact) mass is 383 g/mol. The van der Waals surface area contributed by atoms with Crippen LogP contribution in [0, 0.1) is 0 Å². The van der Waals surface area contributed by atoms with Gasteiger partial charge in [-0.05, 0) is 18.1 Å². The number of carbonyl (C=O) groups is 1. The molecule has 1 atom stereocenters. The summed E-state index contributed by atoms with van der Waals surface area (Å²) in [6, 6.07) is 17.4. The molecule has 1 fully saturated rings. The van der Waals surface area contributed by atoms with Crippen LogP contribution in [0.1, 0.15) is 11.1 Å². The second-order valence-corrected chi connectivity index (χ2v) is 7.26. The number of hydrogen-bond donors (Lipinski definition) is 0. The minimum Gasteiger partial charge on any atom is -0.285 e. The number of hydrogen-bond acceptors (Lipinski definition) is 4. The number of amidine groups is 1. The van der Waals surface area contributed by atoms with E-state index in [1.54, 1.807) is 23.3 Å². The van der Waals surface area contributed by atoms with Gasteiger partial charge >= 0.3 is 0 Å². The average Bonchev–Trinajstić information content (AvgIpc) is 2.94. The lowest BCUT2D eigenvalue weighted by atomic mass is 10.1. The van der Waals surface area contributed by atoms with Gasteiger partial charge in [0.2, 0.25) is 5.91 Å². The van der Waals surface area contributed by atoms with E-state index >= 15 is 0 Å². The summed E-state index contributed by atoms with van der Waals surface area (Å²) in [5.74, 6) is 0.0328. The fraction of sp³-hybridized carbons (Fsp3) is 0.150. The standard InChI is InChI=1S/C20H18ClN3OS/c1-2-12-24-19(25)18(13-15-8-4-3-5-9-15)26-20(24)23-22-14-16-10-6-7-11-17(16)21/h2-11,14,18H,1,12-13H2/b22-14-,23-20-/t18-/m1/s1. The first kappa shape index (κ1) is 18.4. The molecule has 6 heteroatoms. The SMILES string of the molecule is C=CCN1C(=O)[C@@H](Cc2ccccc2)S/C1=N\N=C/c1ccccc1Cl. The Hall–Kier alpha value is -2.37. The van der Waals surface area contributed by atoms with E-state index in [-0.39, 0.29) is 11.2 Å². The van der Waals surface area contributed by atoms with Crippen LogP contribution in [0.25, 0.3) is 0 Å². The topological polar surface area (TPSA) is 45.0 Å². The van der Waals surface area contributed by atoms with Crippen LogP contribution in [-0.2, 0) is 11.2 Å². The van der Waals surface area contributed by atoms with E-state index in [4.69, 9.17) is 11.6 Å². The van der Waals surface area contributed by atoms with Gasteiger partial charge in [-0.3, -0.25) is 9.69 Å². The third-order valence-electron chi connectivity index (χ3n) is 3.84. The number of nitrogens with zero attached hydrogens (tertiary/aromatic N) is 3. The second-order valence-electron chi connectivity index (χ2n) is 5.68. The Morgan fingerprint density at radius 2 is 1.88 bits per heavy atom. The lowest BCUT2D eigenvalue weighted by Crippen LogP contribution is -2.32. The maximum atomic E-state index is 12.7. The molecule has 0 N–H and O–H groups in total. The Labute approximate surface area is 162 Å². The Balaban J connectivity index is 1.77. The number of halogens is 1. The number of carbonyl (C=O) groups excluding carboxylic acids is 1. The summed E-state index contributed by atoms with van der Waals surface area (Å²) < 4.78 is 0. The van der Waals surface area contributed by atoms with E-state index < -0.39 is 0 Å². The summed E-state index contributed by atoms with van der Waals surface area (Å²) in [6.07, 6.45) is 3.94. The highest BCUT2D eigenvalue weighted by Gasteiger charge is 2.37. The molecule has 0 radical (unpaired) electrons. The van der Waals surface area contributed by atoms with Crippen LogP contribution in [0.15, 0.2) is 77.5 Å². The molecule has 2 aromatic rings. The van der Waals surface area contributed by atoms with Crippen molar-refractivity contribution in [1.29, 1.82) is 0 Å². The highest BCUT2D eigenvalue weighted by atomic mass is 35.5. The number of rotatable bonds is 6. The molecule has 0 aliphatic carbocycles. The summed E-state index contributed by atoms with van der Waals surface area (Å²) in [5.41, 5.74) is 1.90. The molecular weight excluding hydrogens is 366 g/mol. The molecule has 3 rings (SSSR count). The first-order chi connectivity index (χ1) is 12.7. The molecule has 0 saturated carbocycles. The third kappa shape index (κ3) is 4.42. The van der Waals surface area contributed by atoms with Crippen LogP contribution in [0.5, 0.6) is 0 Å². The van der Waals surface area contributed by atoms with Gasteiger partial charge in [0.25, 0.3) is 0 Å². The lowest BCUT2D eigenvalue weighted by Gasteiger charge is -2.12. The van der Waals surface area contributed by atoms with Gasteiger partial charge in [0.05, 0.1) is 11.5 Å². The molecule has 1 heterocycles. The van der Waals surface area contributed by atoms with Gasteiger partial charge in [0, 0.05) is 17.1 Å². The van der Waals surface area contributed by atoms with Crippen molar-refractivity contribution in [2.45, 2.75) is 11.7 Å². The van der Waals surface area contributed by atoms with E-state index in [9.17, 15) is 4.79 Å². The van der Waals surface area contributed by atoms with Crippen LogP contribution in [0.2, 0.25) is 5.02 Å². The van der Waals surface area contributed by atoms with Crippen molar-refractivity contribution in [1.82, 2.24) is 4.90 Å². The van der Waals surface area contributed by atoms with Crippen LogP contribution in [-0.4, -0.2) is 34.0 Å². The zero-order valence-electron chi connectivity index (χ0n) is 14.1. The molecule has 0 aromatic heterocycles. The van der Waals surface area contributed by atoms with Crippen molar-refractivity contribution in [2.24, 2.45) is 10.2 Å². The maximum absolute atomic E-state index is 12.7. The van der Waals surface area contributed by atoms with Crippen LogP contribution in [0.4, 0.5) is 0 Å². The number of amides is 1. The Morgan fingerprint density at radius 1 is 1.15 bits per heavy atom. The summed E-state index contributed by atoms with van der Waals surface area (Å²) in [6.45, 7) is 4.14. The maximum Gasteiger partial charge on any atom is 0.242 e. The molecule has 1 aliphatic heterocycles. The molecule has 0 spiro atoms. The van der Waals surface area contributed by atoms with Crippen molar-refractivity contribution >= 4 is 40.7 Å². The van der Waals surface area contributed by atoms with Gasteiger partial charge in [-0.2, -0.15) is 5.10 Å². The van der Waals surface area contributed by atoms with Gasteiger partial charge in [-0.25, -0.2) is 0 Å². The molecule has 1 aliphatic rings. The third-order valence-corrected chi connectivity index (χ3v) is 5.35. The van der Waals surface area contributed by atoms with Crippen molar-refractivity contribution in [3.05, 3.63) is 83.4 Å². The summed E-state index contributed by atoms with van der Waals surface area (Å²) in [5, 5.41) is 9.36. The van der Waals surface area contributed by atoms with Crippen LogP contribution < -0.4 is 0 Å². The predicted molar refractivity (Wildman–Crippen MR) is 110 cm³/mol. The van der Waals surface area contributed by atoms with E-state index in [2.05, 4.69) is 16.8 Å². The lowest BCUT2D eigenvalue weighted by molar-refractivity contribution is -0.125. The molecule has 2 aromatic carbocycles. The van der Waals surface area contributed by atoms with Crippen LogP contribution in [0.3, 0.4) is 0 Å². The predicted octanol–water partition coefficient (Wildman–Crippen LogP) is 4.40. The molecule has 132 valence electrons. The van der Waals surface area contributed by atoms with Crippen molar-refractivity contribution in [3.8, 4) is 0 Å². The van der Waals surface area contributed by atoms with Crippen molar-refractivity contribution in [2.75, 3.05) is 6.54 Å². The normalized spacial score (nSPS) is 18.8. The minimum absolute atomic E-state index is 0.0328. The van der Waals surface area contributed by atoms with E-state index in [1.165, 1.54) is 11.8 Å². The van der Waals surface area contributed by atoms with Gasteiger partial charge in [-0.15, -0.1) is 11.7 Å². The smallest absolute Gasteiger partial charge is 0.242 e. The molecular formula is C20H18ClN3OS. The number of benzene rings is 2. The van der Waals surface area contributed by atoms with Gasteiger partial charge < -0.3 is 0 Å². The number of thioether (sulfide) groups is 1. The zero-order valence-corrected chi connectivity index (χ0v) is 15.7. The minimum atomic E-state index is -0.202. The summed E-state index contributed by atoms with van der Waals surface area (Å²) >= 11 is 7.54. The van der Waals surface area contributed by atoms with E-state index in [1.807, 2.05) is 48.5 Å². The molecule has 1 saturated heterocycles. The Kier molecular flexibility index (Phi) is 6.26. The van der Waals surface area contributed by atoms with Gasteiger partial charge in [0.15, 0.2) is 5.17 Å². The molecule has 26 heavy (non-hydrogen) atoms. The van der Waals surface area contributed by atoms with Crippen LogP contribution >= 0.6 is 23.4 Å². The second kappa shape index (κ2) is 8.83. The highest BCUT2D eigenvalue weighted by Crippen LogP contribution is 2.30. The Bertz CT molecular complexity index is 851. The van der Waals surface area contributed by atoms with Crippen molar-refractivity contribution < 1.29 is 4.79 Å². The Morgan fingerprint density at radius 3 is 2.62 bits per heavy atom. The molecule has 0 bridgehead atoms. The first-order valence-corrected chi connectivity index (χ1v) is 9.43. The molecule has 1 amide bonds. The fourth-order valence-corrected chi connectivity index (χ4v) is 3.89. The molecule has 4 nitrogen and oxygen atoms in total. The van der Waals surface area contributed by atoms with Gasteiger partial charge in [0.1, 0.15) is 0 Å². The average molecular weight is 384 g/mol. The van der Waals surface area contributed by atoms with E-state index in [0.717, 1.165) is 11.1 Å². The molecule has 0 unspecified atom stereocenters. The summed E-state index contributed by atoms with van der Waals surface area (Å²) in [7, 11) is 0. The zero-order chi connectivity index (χ0) is 18.4. The summed E-state index contributed by atoms with van der Waals surface area (Å²) in [4.78, 5) is 14.3. The van der Waals surface area contributed by atoms with E-state index in [0.29, 0.717) is 23.2 Å². The van der Waals surface area contributed by atoms with Gasteiger partial charge in [-0.1, -0.05) is 78.0 Å². The van der Waals surface area contributed by atoms with Crippen molar-refractivity contribution in [3.63, 3.8) is 0 Å². The largest absolute Gasteiger partial charge is 0.285 e.